The van der Waals surface area contributed by atoms with Gasteiger partial charge >= 0.3 is 17.3 Å². The third-order valence-electron chi connectivity index (χ3n) is 2.24. The van der Waals surface area contributed by atoms with Crippen LogP contribution in [0.1, 0.15) is 5.56 Å². The van der Waals surface area contributed by atoms with Gasteiger partial charge in [-0.1, -0.05) is 12.1 Å². The standard InChI is InChI=1S/C13H10FO2/c1-9(15)13-7-6-12(16-13)8-10-2-4-11(14)5-3-10/h2-7H,1,8H2/q+1/p+1. The molecule has 1 aromatic carbocycles. The molecule has 16 heavy (non-hydrogen) atoms. The van der Waals surface area contributed by atoms with Crippen LogP contribution in [0.3, 0.4) is 0 Å². The lowest BCUT2D eigenvalue weighted by molar-refractivity contribution is -0.395. The quantitative estimate of drug-likeness (QED) is 0.359. The van der Waals surface area contributed by atoms with Gasteiger partial charge in [-0.25, -0.2) is 4.39 Å². The number of aliphatic hydroxyl groups is 1. The zero-order valence-corrected chi connectivity index (χ0v) is 8.61. The van der Waals surface area contributed by atoms with Crippen molar-refractivity contribution >= 4 is 5.78 Å². The van der Waals surface area contributed by atoms with E-state index in [4.69, 9.17) is 9.53 Å². The number of halogens is 1. The van der Waals surface area contributed by atoms with Gasteiger partial charge in [-0.05, 0) is 17.7 Å². The fourth-order valence-electron chi connectivity index (χ4n) is 1.43. The van der Waals surface area contributed by atoms with Gasteiger partial charge in [-0.15, -0.1) is 4.42 Å². The molecule has 0 spiro atoms. The molecular weight excluding hydrogens is 207 g/mol. The highest BCUT2D eigenvalue weighted by Crippen LogP contribution is 2.14. The van der Waals surface area contributed by atoms with Crippen molar-refractivity contribution in [2.24, 2.45) is 0 Å². The van der Waals surface area contributed by atoms with Crippen LogP contribution in [-0.4, -0.2) is 10.9 Å². The van der Waals surface area contributed by atoms with Crippen molar-refractivity contribution < 1.29 is 13.9 Å². The van der Waals surface area contributed by atoms with Gasteiger partial charge in [0.05, 0.1) is 0 Å². The van der Waals surface area contributed by atoms with E-state index in [1.165, 1.54) is 12.1 Å². The van der Waals surface area contributed by atoms with Crippen molar-refractivity contribution in [1.29, 1.82) is 0 Å². The molecule has 1 N–H and O–H groups in total. The molecule has 2 rings (SSSR count). The summed E-state index contributed by atoms with van der Waals surface area (Å²) in [5, 5.41) is 9.10. The molecule has 1 heterocycles. The third-order valence-corrected chi connectivity index (χ3v) is 2.24. The molecule has 1 aliphatic heterocycles. The molecule has 1 aromatic rings. The molecule has 0 unspecified atom stereocenters. The van der Waals surface area contributed by atoms with Gasteiger partial charge in [0.2, 0.25) is 0 Å². The third kappa shape index (κ3) is 2.31. The van der Waals surface area contributed by atoms with Crippen LogP contribution in [0, 0.1) is 12.2 Å². The molecular formula is C13H11FO2+2. The summed E-state index contributed by atoms with van der Waals surface area (Å²) < 4.78 is 18.0. The first-order chi connectivity index (χ1) is 7.65. The summed E-state index contributed by atoms with van der Waals surface area (Å²) in [6.07, 6.45) is 3.98. The maximum Gasteiger partial charge on any atom is 0.513 e. The van der Waals surface area contributed by atoms with Crippen molar-refractivity contribution in [2.45, 2.75) is 6.42 Å². The van der Waals surface area contributed by atoms with E-state index < -0.39 is 0 Å². The van der Waals surface area contributed by atoms with Gasteiger partial charge in [0.15, 0.2) is 12.5 Å². The summed E-state index contributed by atoms with van der Waals surface area (Å²) in [7, 11) is 0. The van der Waals surface area contributed by atoms with E-state index in [1.54, 1.807) is 24.6 Å². The van der Waals surface area contributed by atoms with E-state index in [1.807, 2.05) is 0 Å². The number of hydrogen-bond donors (Lipinski definition) is 1. The minimum absolute atomic E-state index is 0.0923. The Kier molecular flexibility index (Phi) is 2.77. The second-order valence-corrected chi connectivity index (χ2v) is 3.52. The van der Waals surface area contributed by atoms with Gasteiger partial charge in [0.25, 0.3) is 0 Å². The highest BCUT2D eigenvalue weighted by molar-refractivity contribution is 6.02. The number of carbonyl (C=O) groups excluding carboxylic acids is 1. The number of hydrogen-bond acceptors (Lipinski definition) is 1. The first-order valence-corrected chi connectivity index (χ1v) is 4.86. The molecule has 0 atom stereocenters. The summed E-state index contributed by atoms with van der Waals surface area (Å²) in [6.45, 7) is 3.37. The minimum Gasteiger partial charge on any atom is -0.443 e. The van der Waals surface area contributed by atoms with Gasteiger partial charge in [-0.2, -0.15) is 0 Å². The second kappa shape index (κ2) is 4.23. The van der Waals surface area contributed by atoms with Crippen LogP contribution in [0.15, 0.2) is 48.4 Å². The highest BCUT2D eigenvalue weighted by atomic mass is 19.1. The topological polar surface area (TPSA) is 31.5 Å². The number of benzene rings is 1. The molecule has 0 saturated carbocycles. The first kappa shape index (κ1) is 10.5. The molecule has 3 heteroatoms. The number of ketones is 1. The molecule has 2 nitrogen and oxygen atoms in total. The van der Waals surface area contributed by atoms with Gasteiger partial charge in [-0.3, -0.25) is 0 Å². The lowest BCUT2D eigenvalue weighted by Crippen LogP contribution is -1.99. The molecule has 0 aliphatic carbocycles. The van der Waals surface area contributed by atoms with Crippen LogP contribution in [0.2, 0.25) is 0 Å². The molecule has 80 valence electrons. The lowest BCUT2D eigenvalue weighted by atomic mass is 10.1. The second-order valence-electron chi connectivity index (χ2n) is 3.52. The Morgan fingerprint density at radius 3 is 2.62 bits per heavy atom. The van der Waals surface area contributed by atoms with E-state index in [0.717, 1.165) is 5.56 Å². The van der Waals surface area contributed by atoms with Crippen LogP contribution < -0.4 is 0 Å². The van der Waals surface area contributed by atoms with Crippen LogP contribution >= 0.6 is 0 Å². The van der Waals surface area contributed by atoms with Gasteiger partial charge < -0.3 is 5.11 Å². The molecule has 0 radical (unpaired) electrons. The monoisotopic (exact) mass is 218 g/mol. The summed E-state index contributed by atoms with van der Waals surface area (Å²) in [4.78, 5) is 0. The van der Waals surface area contributed by atoms with Crippen molar-refractivity contribution in [3.05, 3.63) is 66.2 Å². The normalized spacial score (nSPS) is 14.1. The predicted octanol–water partition coefficient (Wildman–Crippen LogP) is 2.65. The van der Waals surface area contributed by atoms with E-state index in [-0.39, 0.29) is 11.6 Å². The van der Waals surface area contributed by atoms with E-state index in [0.29, 0.717) is 18.0 Å². The summed E-state index contributed by atoms with van der Waals surface area (Å²) in [5.41, 5.74) is 0.950. The Morgan fingerprint density at radius 1 is 1.38 bits per heavy atom. The van der Waals surface area contributed by atoms with Crippen LogP contribution in [0.5, 0.6) is 0 Å². The minimum atomic E-state index is -0.257. The summed E-state index contributed by atoms with van der Waals surface area (Å²) >= 11 is 0. The van der Waals surface area contributed by atoms with Crippen LogP contribution in [0.25, 0.3) is 0 Å². The Balaban J connectivity index is 2.07. The van der Waals surface area contributed by atoms with Crippen LogP contribution in [0.4, 0.5) is 4.39 Å². The van der Waals surface area contributed by atoms with Crippen molar-refractivity contribution in [2.75, 3.05) is 0 Å². The first-order valence-electron chi connectivity index (χ1n) is 4.86. The van der Waals surface area contributed by atoms with E-state index >= 15 is 0 Å². The molecule has 0 amide bonds. The fourth-order valence-corrected chi connectivity index (χ4v) is 1.43. The maximum absolute atomic E-state index is 12.7. The van der Waals surface area contributed by atoms with Crippen molar-refractivity contribution in [1.82, 2.24) is 0 Å². The number of aliphatic hydroxyl groups excluding tert-OH is 1. The highest BCUT2D eigenvalue weighted by Gasteiger charge is 2.35. The van der Waals surface area contributed by atoms with Crippen molar-refractivity contribution in [3.8, 4) is 0 Å². The molecule has 0 fully saturated rings. The zero-order chi connectivity index (χ0) is 11.5. The van der Waals surface area contributed by atoms with Crippen LogP contribution in [-0.2, 0) is 10.8 Å². The maximum atomic E-state index is 12.7. The molecule has 1 aliphatic rings. The molecule has 0 saturated heterocycles. The van der Waals surface area contributed by atoms with Crippen molar-refractivity contribution in [3.63, 3.8) is 0 Å². The predicted molar refractivity (Wildman–Crippen MR) is 59.3 cm³/mol. The molecule has 0 aromatic heterocycles. The Morgan fingerprint density at radius 2 is 2.06 bits per heavy atom. The summed E-state index contributed by atoms with van der Waals surface area (Å²) in [5.74, 6) is 0.715. The SMILES string of the molecule is C=C(O)C1=[O+]C(Cc2ccc(F)cc2)=C[CH+]1. The summed E-state index contributed by atoms with van der Waals surface area (Å²) in [6, 6.07) is 6.21. The van der Waals surface area contributed by atoms with E-state index in [9.17, 15) is 4.39 Å². The number of allylic oxidation sites excluding steroid dienone is 3. The smallest absolute Gasteiger partial charge is 0.443 e. The number of rotatable bonds is 3. The van der Waals surface area contributed by atoms with Gasteiger partial charge in [0, 0.05) is 6.58 Å². The Bertz CT molecular complexity index is 469. The molecule has 0 bridgehead atoms. The zero-order valence-electron chi connectivity index (χ0n) is 8.61. The lowest BCUT2D eigenvalue weighted by Gasteiger charge is -1.91. The van der Waals surface area contributed by atoms with Gasteiger partial charge in [0.1, 0.15) is 12.2 Å². The fraction of sp³-hybridized carbons (Fsp3) is 0.0769. The Labute approximate surface area is 93.0 Å². The van der Waals surface area contributed by atoms with E-state index in [2.05, 4.69) is 6.58 Å². The Hall–Kier alpha value is -2.03. The largest absolute Gasteiger partial charge is 0.513 e. The average molecular weight is 218 g/mol. The average Bonchev–Trinajstić information content (AvgIpc) is 2.70.